The molecule has 3 nitrogen and oxygen atoms in total. The normalized spacial score (nSPS) is 11.1. The molecule has 4 heteroatoms. The molecule has 0 fully saturated rings. The van der Waals surface area contributed by atoms with Crippen LogP contribution in [0.5, 0.6) is 0 Å². The predicted octanol–water partition coefficient (Wildman–Crippen LogP) is 2.13. The van der Waals surface area contributed by atoms with E-state index in [1.165, 1.54) is 0 Å². The van der Waals surface area contributed by atoms with Crippen LogP contribution in [0.4, 0.5) is 5.69 Å². The molecule has 0 saturated carbocycles. The molecule has 0 spiro atoms. The molecule has 0 atom stereocenters. The van der Waals surface area contributed by atoms with Gasteiger partial charge in [0.05, 0.1) is 17.6 Å². The maximum Gasteiger partial charge on any atom is 0.0741 e. The molecule has 0 aliphatic heterocycles. The molecule has 0 bridgehead atoms. The molecule has 0 radical (unpaired) electrons. The molecule has 1 aromatic rings. The summed E-state index contributed by atoms with van der Waals surface area (Å²) in [5.74, 6) is 0.956. The Morgan fingerprint density at radius 2 is 2.31 bits per heavy atom. The van der Waals surface area contributed by atoms with Crippen molar-refractivity contribution in [1.29, 1.82) is 0 Å². The number of thioether (sulfide) groups is 1. The summed E-state index contributed by atoms with van der Waals surface area (Å²) in [4.78, 5) is 0. The highest BCUT2D eigenvalue weighted by molar-refractivity contribution is 7.99. The number of aromatic nitrogens is 2. The van der Waals surface area contributed by atoms with Crippen LogP contribution in [0.15, 0.2) is 6.20 Å². The molecule has 0 amide bonds. The first-order valence-electron chi connectivity index (χ1n) is 4.57. The van der Waals surface area contributed by atoms with Gasteiger partial charge in [0.25, 0.3) is 0 Å². The van der Waals surface area contributed by atoms with Crippen LogP contribution in [0.25, 0.3) is 0 Å². The monoisotopic (exact) mass is 199 g/mol. The van der Waals surface area contributed by atoms with Gasteiger partial charge >= 0.3 is 0 Å². The number of rotatable bonds is 4. The Morgan fingerprint density at radius 3 is 2.85 bits per heavy atom. The highest BCUT2D eigenvalue weighted by atomic mass is 32.2. The van der Waals surface area contributed by atoms with Crippen molar-refractivity contribution in [3.63, 3.8) is 0 Å². The van der Waals surface area contributed by atoms with E-state index in [1.807, 2.05) is 16.4 Å². The summed E-state index contributed by atoms with van der Waals surface area (Å²) in [5.41, 5.74) is 7.78. The van der Waals surface area contributed by atoms with Gasteiger partial charge in [0.15, 0.2) is 0 Å². The smallest absolute Gasteiger partial charge is 0.0741 e. The lowest BCUT2D eigenvalue weighted by molar-refractivity contribution is 0.637. The Hall–Kier alpha value is -0.640. The molecule has 13 heavy (non-hydrogen) atoms. The average Bonchev–Trinajstić information content (AvgIpc) is 2.43. The fourth-order valence-corrected chi connectivity index (χ4v) is 1.91. The molecule has 0 aromatic carbocycles. The molecule has 2 N–H and O–H groups in total. The number of nitrogen functional groups attached to an aromatic ring is 1. The third kappa shape index (κ3) is 2.66. The third-order valence-electron chi connectivity index (χ3n) is 1.83. The summed E-state index contributed by atoms with van der Waals surface area (Å²) in [6.07, 6.45) is 1.74. The number of anilines is 1. The van der Waals surface area contributed by atoms with Gasteiger partial charge in [0, 0.05) is 12.3 Å². The number of aryl methyl sites for hydroxylation is 1. The van der Waals surface area contributed by atoms with Crippen LogP contribution in [0.1, 0.15) is 26.5 Å². The van der Waals surface area contributed by atoms with Crippen LogP contribution in [-0.2, 0) is 12.3 Å². The van der Waals surface area contributed by atoms with Gasteiger partial charge in [-0.1, -0.05) is 13.8 Å². The third-order valence-corrected chi connectivity index (χ3v) is 2.94. The first kappa shape index (κ1) is 10.4. The van der Waals surface area contributed by atoms with Gasteiger partial charge in [-0.2, -0.15) is 16.9 Å². The van der Waals surface area contributed by atoms with Crippen molar-refractivity contribution < 1.29 is 0 Å². The van der Waals surface area contributed by atoms with Gasteiger partial charge in [-0.3, -0.25) is 4.68 Å². The Balaban J connectivity index is 2.68. The summed E-state index contributed by atoms with van der Waals surface area (Å²) in [5, 5.41) is 4.83. The van der Waals surface area contributed by atoms with Crippen molar-refractivity contribution >= 4 is 17.4 Å². The summed E-state index contributed by atoms with van der Waals surface area (Å²) < 4.78 is 1.96. The Bertz CT molecular complexity index is 268. The topological polar surface area (TPSA) is 43.8 Å². The van der Waals surface area contributed by atoms with Crippen molar-refractivity contribution in [1.82, 2.24) is 9.78 Å². The Morgan fingerprint density at radius 1 is 1.62 bits per heavy atom. The number of nitrogens with two attached hydrogens (primary N) is 1. The van der Waals surface area contributed by atoms with E-state index in [-0.39, 0.29) is 0 Å². The standard InChI is InChI=1S/C9H17N3S/c1-4-12-9(6-13-7(2)3)8(10)5-11-12/h5,7H,4,6,10H2,1-3H3. The SMILES string of the molecule is CCn1ncc(N)c1CSC(C)C. The molecule has 0 saturated heterocycles. The molecule has 0 aliphatic carbocycles. The van der Waals surface area contributed by atoms with E-state index in [2.05, 4.69) is 25.9 Å². The van der Waals surface area contributed by atoms with Gasteiger partial charge < -0.3 is 5.73 Å². The quantitative estimate of drug-likeness (QED) is 0.808. The highest BCUT2D eigenvalue weighted by Crippen LogP contribution is 2.21. The van der Waals surface area contributed by atoms with E-state index in [4.69, 9.17) is 5.73 Å². The molecule has 0 unspecified atom stereocenters. The molecule has 1 aromatic heterocycles. The molecule has 0 aliphatic rings. The van der Waals surface area contributed by atoms with Crippen molar-refractivity contribution in [3.8, 4) is 0 Å². The lowest BCUT2D eigenvalue weighted by Crippen LogP contribution is -2.04. The molecule has 1 rings (SSSR count). The van der Waals surface area contributed by atoms with Crippen molar-refractivity contribution in [2.75, 3.05) is 5.73 Å². The molecular weight excluding hydrogens is 182 g/mol. The van der Waals surface area contributed by atoms with Crippen LogP contribution >= 0.6 is 11.8 Å². The van der Waals surface area contributed by atoms with Gasteiger partial charge in [-0.15, -0.1) is 0 Å². The van der Waals surface area contributed by atoms with E-state index in [0.717, 1.165) is 23.7 Å². The zero-order chi connectivity index (χ0) is 9.84. The molecule has 74 valence electrons. The van der Waals surface area contributed by atoms with Gasteiger partial charge in [-0.05, 0) is 12.2 Å². The summed E-state index contributed by atoms with van der Waals surface area (Å²) in [6, 6.07) is 0. The van der Waals surface area contributed by atoms with E-state index in [1.54, 1.807) is 6.20 Å². The lowest BCUT2D eigenvalue weighted by Gasteiger charge is -2.07. The fourth-order valence-electron chi connectivity index (χ4n) is 1.10. The minimum atomic E-state index is 0.639. The Kier molecular flexibility index (Phi) is 3.66. The average molecular weight is 199 g/mol. The van der Waals surface area contributed by atoms with Crippen molar-refractivity contribution in [2.24, 2.45) is 0 Å². The minimum Gasteiger partial charge on any atom is -0.396 e. The van der Waals surface area contributed by atoms with E-state index in [0.29, 0.717) is 5.25 Å². The van der Waals surface area contributed by atoms with Crippen molar-refractivity contribution in [3.05, 3.63) is 11.9 Å². The molecular formula is C9H17N3S. The second-order valence-corrected chi connectivity index (χ2v) is 4.79. The first-order chi connectivity index (χ1) is 6.15. The minimum absolute atomic E-state index is 0.639. The van der Waals surface area contributed by atoms with Gasteiger partial charge in [0.2, 0.25) is 0 Å². The van der Waals surface area contributed by atoms with E-state index in [9.17, 15) is 0 Å². The summed E-state index contributed by atoms with van der Waals surface area (Å²) >= 11 is 1.89. The fraction of sp³-hybridized carbons (Fsp3) is 0.667. The van der Waals surface area contributed by atoms with E-state index >= 15 is 0 Å². The van der Waals surface area contributed by atoms with Crippen LogP contribution in [0, 0.1) is 0 Å². The van der Waals surface area contributed by atoms with Gasteiger partial charge in [0.1, 0.15) is 0 Å². The zero-order valence-electron chi connectivity index (χ0n) is 8.45. The summed E-state index contributed by atoms with van der Waals surface area (Å²) in [6.45, 7) is 7.35. The highest BCUT2D eigenvalue weighted by Gasteiger charge is 2.07. The van der Waals surface area contributed by atoms with E-state index < -0.39 is 0 Å². The second-order valence-electron chi connectivity index (χ2n) is 3.22. The number of hydrogen-bond donors (Lipinski definition) is 1. The Labute approximate surface area is 83.7 Å². The van der Waals surface area contributed by atoms with Gasteiger partial charge in [-0.25, -0.2) is 0 Å². The predicted molar refractivity (Wildman–Crippen MR) is 58.7 cm³/mol. The van der Waals surface area contributed by atoms with Crippen molar-refractivity contribution in [2.45, 2.75) is 38.3 Å². The zero-order valence-corrected chi connectivity index (χ0v) is 9.27. The van der Waals surface area contributed by atoms with Crippen LogP contribution in [0.2, 0.25) is 0 Å². The van der Waals surface area contributed by atoms with Crippen LogP contribution in [0.3, 0.4) is 0 Å². The lowest BCUT2D eigenvalue weighted by atomic mass is 10.4. The number of hydrogen-bond acceptors (Lipinski definition) is 3. The first-order valence-corrected chi connectivity index (χ1v) is 5.61. The second kappa shape index (κ2) is 4.56. The maximum absolute atomic E-state index is 5.81. The van der Waals surface area contributed by atoms with Crippen LogP contribution < -0.4 is 5.73 Å². The largest absolute Gasteiger partial charge is 0.396 e. The maximum atomic E-state index is 5.81. The van der Waals surface area contributed by atoms with Crippen LogP contribution in [-0.4, -0.2) is 15.0 Å². The summed E-state index contributed by atoms with van der Waals surface area (Å²) in [7, 11) is 0. The number of nitrogens with zero attached hydrogens (tertiary/aromatic N) is 2. The molecule has 1 heterocycles.